The summed E-state index contributed by atoms with van der Waals surface area (Å²) < 4.78 is 28.9. The zero-order valence-electron chi connectivity index (χ0n) is 15.2. The molecule has 5 nitrogen and oxygen atoms in total. The molecule has 0 saturated heterocycles. The molecule has 0 saturated carbocycles. The van der Waals surface area contributed by atoms with Crippen molar-refractivity contribution in [1.29, 1.82) is 0 Å². The van der Waals surface area contributed by atoms with Gasteiger partial charge in [0.1, 0.15) is 0 Å². The first-order chi connectivity index (χ1) is 12.4. The molecule has 0 spiro atoms. The van der Waals surface area contributed by atoms with E-state index in [1.807, 2.05) is 18.2 Å². The molecular weight excluding hydrogens is 350 g/mol. The lowest BCUT2D eigenvalue weighted by Crippen LogP contribution is -2.26. The van der Waals surface area contributed by atoms with Gasteiger partial charge in [0.15, 0.2) is 9.84 Å². The minimum absolute atomic E-state index is 0.150. The maximum Gasteiger partial charge on any atom is 0.251 e. The van der Waals surface area contributed by atoms with Crippen molar-refractivity contribution < 1.29 is 17.9 Å². The Morgan fingerprint density at radius 1 is 1.08 bits per heavy atom. The van der Waals surface area contributed by atoms with Gasteiger partial charge in [-0.15, -0.1) is 0 Å². The van der Waals surface area contributed by atoms with Gasteiger partial charge in [0.25, 0.3) is 5.91 Å². The Bertz CT molecular complexity index is 832. The van der Waals surface area contributed by atoms with E-state index in [2.05, 4.69) is 17.4 Å². The van der Waals surface area contributed by atoms with Gasteiger partial charge < -0.3 is 10.1 Å². The summed E-state index contributed by atoms with van der Waals surface area (Å²) in [6.45, 7) is 3.48. The lowest BCUT2D eigenvalue weighted by molar-refractivity contribution is 0.0941. The van der Waals surface area contributed by atoms with E-state index in [1.54, 1.807) is 13.0 Å². The van der Waals surface area contributed by atoms with Crippen LogP contribution in [0.15, 0.2) is 53.4 Å². The van der Waals surface area contributed by atoms with Gasteiger partial charge in [-0.1, -0.05) is 36.4 Å². The Morgan fingerprint density at radius 3 is 2.50 bits per heavy atom. The number of benzene rings is 2. The molecule has 0 radical (unpaired) electrons. The summed E-state index contributed by atoms with van der Waals surface area (Å²) in [5.74, 6) is -0.266. The van der Waals surface area contributed by atoms with Crippen LogP contribution in [0.4, 0.5) is 0 Å². The van der Waals surface area contributed by atoms with E-state index in [0.29, 0.717) is 31.7 Å². The fraction of sp³-hybridized carbons (Fsp3) is 0.350. The van der Waals surface area contributed by atoms with Crippen molar-refractivity contribution in [3.63, 3.8) is 0 Å². The number of nitrogens with one attached hydrogen (secondary N) is 1. The van der Waals surface area contributed by atoms with Crippen LogP contribution in [0.5, 0.6) is 0 Å². The SMILES string of the molecule is Cc1ccc(S(C)(=O)=O)cc1C(=O)NCCCOCCc1ccccc1. The molecule has 0 unspecified atom stereocenters. The summed E-state index contributed by atoms with van der Waals surface area (Å²) in [4.78, 5) is 12.4. The summed E-state index contributed by atoms with van der Waals surface area (Å²) >= 11 is 0. The van der Waals surface area contributed by atoms with Gasteiger partial charge >= 0.3 is 0 Å². The lowest BCUT2D eigenvalue weighted by Gasteiger charge is -2.09. The van der Waals surface area contributed by atoms with Crippen LogP contribution in [0.3, 0.4) is 0 Å². The van der Waals surface area contributed by atoms with E-state index in [1.165, 1.54) is 17.7 Å². The zero-order valence-corrected chi connectivity index (χ0v) is 16.0. The molecule has 0 aromatic heterocycles. The molecule has 26 heavy (non-hydrogen) atoms. The third kappa shape index (κ3) is 6.28. The zero-order chi connectivity index (χ0) is 19.0. The molecule has 2 aromatic carbocycles. The van der Waals surface area contributed by atoms with E-state index < -0.39 is 9.84 Å². The molecule has 1 N–H and O–H groups in total. The average Bonchev–Trinajstić information content (AvgIpc) is 2.61. The van der Waals surface area contributed by atoms with Crippen molar-refractivity contribution in [3.05, 3.63) is 65.2 Å². The van der Waals surface area contributed by atoms with Crippen LogP contribution in [0.2, 0.25) is 0 Å². The minimum atomic E-state index is -3.33. The number of ether oxygens (including phenoxy) is 1. The Labute approximate surface area is 155 Å². The van der Waals surface area contributed by atoms with Gasteiger partial charge in [0, 0.05) is 25.0 Å². The van der Waals surface area contributed by atoms with E-state index >= 15 is 0 Å². The summed E-state index contributed by atoms with van der Waals surface area (Å²) in [5, 5.41) is 2.81. The second-order valence-electron chi connectivity index (χ2n) is 6.21. The first-order valence-electron chi connectivity index (χ1n) is 8.58. The molecule has 0 fully saturated rings. The topological polar surface area (TPSA) is 72.5 Å². The quantitative estimate of drug-likeness (QED) is 0.684. The van der Waals surface area contributed by atoms with Crippen molar-refractivity contribution in [2.45, 2.75) is 24.7 Å². The number of carbonyl (C=O) groups is 1. The van der Waals surface area contributed by atoms with Crippen molar-refractivity contribution in [2.24, 2.45) is 0 Å². The molecule has 6 heteroatoms. The molecule has 0 atom stereocenters. The number of sulfone groups is 1. The predicted molar refractivity (Wildman–Crippen MR) is 102 cm³/mol. The monoisotopic (exact) mass is 375 g/mol. The van der Waals surface area contributed by atoms with Crippen LogP contribution in [-0.4, -0.2) is 40.3 Å². The van der Waals surface area contributed by atoms with Crippen molar-refractivity contribution in [3.8, 4) is 0 Å². The van der Waals surface area contributed by atoms with Gasteiger partial charge in [-0.2, -0.15) is 0 Å². The van der Waals surface area contributed by atoms with Gasteiger partial charge in [-0.25, -0.2) is 8.42 Å². The van der Waals surface area contributed by atoms with E-state index in [4.69, 9.17) is 4.74 Å². The number of carbonyl (C=O) groups excluding carboxylic acids is 1. The van der Waals surface area contributed by atoms with E-state index in [0.717, 1.165) is 18.2 Å². The number of hydrogen-bond donors (Lipinski definition) is 1. The first-order valence-corrected chi connectivity index (χ1v) is 10.5. The van der Waals surface area contributed by atoms with Crippen LogP contribution >= 0.6 is 0 Å². The smallest absolute Gasteiger partial charge is 0.251 e. The van der Waals surface area contributed by atoms with Gasteiger partial charge in [-0.05, 0) is 43.0 Å². The predicted octanol–water partition coefficient (Wildman–Crippen LogP) is 2.78. The molecule has 2 aromatic rings. The second-order valence-corrected chi connectivity index (χ2v) is 8.22. The number of amides is 1. The van der Waals surface area contributed by atoms with Crippen LogP contribution in [0.25, 0.3) is 0 Å². The summed E-state index contributed by atoms with van der Waals surface area (Å²) in [6.07, 6.45) is 2.70. The minimum Gasteiger partial charge on any atom is -0.381 e. The highest BCUT2D eigenvalue weighted by atomic mass is 32.2. The highest BCUT2D eigenvalue weighted by Gasteiger charge is 2.14. The Morgan fingerprint density at radius 2 is 1.81 bits per heavy atom. The normalized spacial score (nSPS) is 11.3. The van der Waals surface area contributed by atoms with Crippen molar-refractivity contribution in [1.82, 2.24) is 5.32 Å². The Kier molecular flexibility index (Phi) is 7.36. The third-order valence-corrected chi connectivity index (χ3v) is 5.12. The maximum atomic E-state index is 12.3. The molecule has 1 amide bonds. The molecule has 0 aliphatic carbocycles. The first kappa shape index (κ1) is 20.1. The molecule has 2 rings (SSSR count). The summed E-state index contributed by atoms with van der Waals surface area (Å²) in [7, 11) is -3.33. The number of hydrogen-bond acceptors (Lipinski definition) is 4. The average molecular weight is 375 g/mol. The largest absolute Gasteiger partial charge is 0.381 e. The number of aryl methyl sites for hydroxylation is 1. The summed E-state index contributed by atoms with van der Waals surface area (Å²) in [5.41, 5.74) is 2.37. The van der Waals surface area contributed by atoms with Crippen molar-refractivity contribution in [2.75, 3.05) is 26.0 Å². The summed E-state index contributed by atoms with van der Waals surface area (Å²) in [6, 6.07) is 14.7. The molecule has 0 bridgehead atoms. The molecular formula is C20H25NO4S. The van der Waals surface area contributed by atoms with Crippen LogP contribution in [0.1, 0.15) is 27.9 Å². The highest BCUT2D eigenvalue weighted by Crippen LogP contribution is 2.15. The van der Waals surface area contributed by atoms with Crippen LogP contribution in [0, 0.1) is 6.92 Å². The molecule has 0 aliphatic heterocycles. The Balaban J connectivity index is 1.72. The second kappa shape index (κ2) is 9.50. The fourth-order valence-corrected chi connectivity index (χ4v) is 3.13. The van der Waals surface area contributed by atoms with Gasteiger partial charge in [0.05, 0.1) is 11.5 Å². The van der Waals surface area contributed by atoms with Gasteiger partial charge in [-0.3, -0.25) is 4.79 Å². The number of rotatable bonds is 9. The molecule has 140 valence electrons. The van der Waals surface area contributed by atoms with Crippen LogP contribution in [-0.2, 0) is 21.0 Å². The maximum absolute atomic E-state index is 12.3. The van der Waals surface area contributed by atoms with Crippen molar-refractivity contribution >= 4 is 15.7 Å². The van der Waals surface area contributed by atoms with E-state index in [9.17, 15) is 13.2 Å². The molecule has 0 aliphatic rings. The third-order valence-electron chi connectivity index (χ3n) is 4.01. The lowest BCUT2D eigenvalue weighted by atomic mass is 10.1. The van der Waals surface area contributed by atoms with E-state index in [-0.39, 0.29) is 10.8 Å². The fourth-order valence-electron chi connectivity index (χ4n) is 2.48. The van der Waals surface area contributed by atoms with Crippen LogP contribution < -0.4 is 5.32 Å². The molecule has 0 heterocycles. The Hall–Kier alpha value is -2.18. The standard InChI is InChI=1S/C20H25NO4S/c1-16-9-10-18(26(2,23)24)15-19(16)20(22)21-12-6-13-25-14-11-17-7-4-3-5-8-17/h3-5,7-10,15H,6,11-14H2,1-2H3,(H,21,22). The van der Waals surface area contributed by atoms with Gasteiger partial charge in [0.2, 0.25) is 0 Å². The highest BCUT2D eigenvalue weighted by molar-refractivity contribution is 7.90.